The fraction of sp³-hybridized carbons (Fsp3) is 0.464. The standard InChI is InChI=1S/C28H35N5O2/c1-28(2)14-13-22(29-16-15-28)24-21-9-4-5-10-23(21)33(3)26(34)25(31-24)32-27(35)30-20-12-11-18-7-6-8-19(18)17-20/h4-5,9-12,17,22,25,29H,6-8,13-16H2,1-3H3,(H2,30,32,35)/t22-,25+/m0/s1. The normalized spacial score (nSPS) is 23.5. The first-order chi connectivity index (χ1) is 16.8. The molecule has 1 fully saturated rings. The Morgan fingerprint density at radius 2 is 1.91 bits per heavy atom. The van der Waals surface area contributed by atoms with Crippen molar-refractivity contribution in [1.82, 2.24) is 10.6 Å². The van der Waals surface area contributed by atoms with Crippen LogP contribution in [0.4, 0.5) is 16.2 Å². The number of para-hydroxylation sites is 1. The summed E-state index contributed by atoms with van der Waals surface area (Å²) in [5.74, 6) is -0.259. The molecule has 35 heavy (non-hydrogen) atoms. The third kappa shape index (κ3) is 4.96. The summed E-state index contributed by atoms with van der Waals surface area (Å²) >= 11 is 0. The molecule has 2 aromatic rings. The van der Waals surface area contributed by atoms with Crippen molar-refractivity contribution in [2.45, 2.75) is 64.6 Å². The molecule has 2 aromatic carbocycles. The summed E-state index contributed by atoms with van der Waals surface area (Å²) in [6.07, 6.45) is 5.35. The highest BCUT2D eigenvalue weighted by molar-refractivity contribution is 6.15. The molecule has 1 aliphatic carbocycles. The summed E-state index contributed by atoms with van der Waals surface area (Å²) in [7, 11) is 1.75. The van der Waals surface area contributed by atoms with Gasteiger partial charge in [-0.15, -0.1) is 0 Å². The van der Waals surface area contributed by atoms with Crippen molar-refractivity contribution in [3.8, 4) is 0 Å². The maximum atomic E-state index is 13.4. The maximum Gasteiger partial charge on any atom is 0.321 e. The van der Waals surface area contributed by atoms with Gasteiger partial charge >= 0.3 is 6.03 Å². The van der Waals surface area contributed by atoms with Gasteiger partial charge in [-0.05, 0) is 79.8 Å². The summed E-state index contributed by atoms with van der Waals surface area (Å²) < 4.78 is 0. The van der Waals surface area contributed by atoms with Gasteiger partial charge in [0.2, 0.25) is 6.17 Å². The van der Waals surface area contributed by atoms with Crippen LogP contribution in [0, 0.1) is 5.41 Å². The predicted molar refractivity (Wildman–Crippen MR) is 140 cm³/mol. The van der Waals surface area contributed by atoms with Gasteiger partial charge in [-0.1, -0.05) is 38.1 Å². The number of urea groups is 1. The van der Waals surface area contributed by atoms with Crippen LogP contribution in [0.3, 0.4) is 0 Å². The first kappa shape index (κ1) is 23.5. The number of nitrogens with zero attached hydrogens (tertiary/aromatic N) is 2. The molecule has 7 nitrogen and oxygen atoms in total. The van der Waals surface area contributed by atoms with Gasteiger partial charge in [-0.2, -0.15) is 0 Å². The molecule has 0 bridgehead atoms. The predicted octanol–water partition coefficient (Wildman–Crippen LogP) is 4.26. The zero-order valence-corrected chi connectivity index (χ0v) is 20.9. The number of rotatable bonds is 3. The molecule has 2 aliphatic heterocycles. The molecule has 3 aliphatic rings. The molecule has 2 atom stereocenters. The van der Waals surface area contributed by atoms with E-state index in [0.717, 1.165) is 67.7 Å². The molecule has 3 amide bonds. The lowest BCUT2D eigenvalue weighted by Crippen LogP contribution is -2.47. The number of aryl methyl sites for hydroxylation is 2. The monoisotopic (exact) mass is 473 g/mol. The molecular formula is C28H35N5O2. The van der Waals surface area contributed by atoms with Crippen LogP contribution in [-0.2, 0) is 17.6 Å². The van der Waals surface area contributed by atoms with Gasteiger partial charge < -0.3 is 20.9 Å². The molecule has 0 spiro atoms. The third-order valence-electron chi connectivity index (χ3n) is 7.63. The van der Waals surface area contributed by atoms with Crippen LogP contribution in [0.15, 0.2) is 47.5 Å². The van der Waals surface area contributed by atoms with Gasteiger partial charge in [0.05, 0.1) is 11.4 Å². The quantitative estimate of drug-likeness (QED) is 0.623. The number of amides is 3. The number of anilines is 2. The number of carbonyl (C=O) groups excluding carboxylic acids is 2. The van der Waals surface area contributed by atoms with E-state index in [1.54, 1.807) is 11.9 Å². The third-order valence-corrected chi connectivity index (χ3v) is 7.63. The van der Waals surface area contributed by atoms with Crippen LogP contribution in [0.2, 0.25) is 0 Å². The highest BCUT2D eigenvalue weighted by Crippen LogP contribution is 2.32. The van der Waals surface area contributed by atoms with Crippen LogP contribution < -0.4 is 20.9 Å². The van der Waals surface area contributed by atoms with Crippen molar-refractivity contribution in [1.29, 1.82) is 0 Å². The lowest BCUT2D eigenvalue weighted by atomic mass is 9.84. The Balaban J connectivity index is 1.42. The second kappa shape index (κ2) is 9.46. The number of likely N-dealkylation sites (N-methyl/N-ethyl adjacent to an activating group) is 1. The highest BCUT2D eigenvalue weighted by atomic mass is 16.2. The number of nitrogens with one attached hydrogen (secondary N) is 3. The van der Waals surface area contributed by atoms with Crippen LogP contribution >= 0.6 is 0 Å². The number of hydrogen-bond donors (Lipinski definition) is 3. The molecule has 0 saturated carbocycles. The Bertz CT molecular complexity index is 1170. The zero-order chi connectivity index (χ0) is 24.6. The minimum absolute atomic E-state index is 0.0151. The lowest BCUT2D eigenvalue weighted by molar-refractivity contribution is -0.119. The van der Waals surface area contributed by atoms with Crippen LogP contribution in [0.1, 0.15) is 56.2 Å². The smallest absolute Gasteiger partial charge is 0.311 e. The first-order valence-electron chi connectivity index (χ1n) is 12.7. The summed E-state index contributed by atoms with van der Waals surface area (Å²) in [5.41, 5.74) is 6.20. The summed E-state index contributed by atoms with van der Waals surface area (Å²) in [5, 5.41) is 9.39. The Morgan fingerprint density at radius 3 is 2.77 bits per heavy atom. The van der Waals surface area contributed by atoms with E-state index in [9.17, 15) is 9.59 Å². The van der Waals surface area contributed by atoms with Crippen LogP contribution in [-0.4, -0.2) is 43.5 Å². The molecule has 0 aromatic heterocycles. The first-order valence-corrected chi connectivity index (χ1v) is 12.7. The van der Waals surface area contributed by atoms with Gasteiger partial charge in [-0.3, -0.25) is 9.79 Å². The molecule has 0 unspecified atom stereocenters. The fourth-order valence-electron chi connectivity index (χ4n) is 5.44. The van der Waals surface area contributed by atoms with E-state index in [2.05, 4.69) is 35.9 Å². The molecule has 184 valence electrons. The Hall–Kier alpha value is -3.19. The van der Waals surface area contributed by atoms with E-state index in [-0.39, 0.29) is 17.4 Å². The van der Waals surface area contributed by atoms with Gasteiger partial charge in [0.1, 0.15) is 0 Å². The molecule has 3 N–H and O–H groups in total. The van der Waals surface area contributed by atoms with Crippen molar-refractivity contribution < 1.29 is 9.59 Å². The Morgan fingerprint density at radius 1 is 1.11 bits per heavy atom. The molecule has 2 heterocycles. The maximum absolute atomic E-state index is 13.4. The van der Waals surface area contributed by atoms with E-state index in [0.29, 0.717) is 0 Å². The van der Waals surface area contributed by atoms with Gasteiger partial charge in [0, 0.05) is 24.3 Å². The van der Waals surface area contributed by atoms with Gasteiger partial charge in [0.15, 0.2) is 0 Å². The molecule has 1 saturated heterocycles. The fourth-order valence-corrected chi connectivity index (χ4v) is 5.44. The zero-order valence-electron chi connectivity index (χ0n) is 20.9. The summed E-state index contributed by atoms with van der Waals surface area (Å²) in [6.45, 7) is 5.48. The number of aliphatic imine (C=N–C) groups is 1. The molecular weight excluding hydrogens is 438 g/mol. The van der Waals surface area contributed by atoms with E-state index in [4.69, 9.17) is 4.99 Å². The Labute approximate surface area is 207 Å². The van der Waals surface area contributed by atoms with Crippen molar-refractivity contribution in [3.05, 3.63) is 59.2 Å². The molecule has 5 rings (SSSR count). The van der Waals surface area contributed by atoms with E-state index >= 15 is 0 Å². The number of hydrogen-bond acceptors (Lipinski definition) is 4. The SMILES string of the molecule is CN1C(=O)[C@@H](NC(=O)Nc2ccc3c(c2)CCC3)N=C([C@@H]2CCC(C)(C)CCN2)c2ccccc21. The van der Waals surface area contributed by atoms with Crippen molar-refractivity contribution >= 4 is 29.0 Å². The second-order valence-corrected chi connectivity index (χ2v) is 10.7. The number of carbonyl (C=O) groups is 2. The average Bonchev–Trinajstić information content (AvgIpc) is 3.19. The highest BCUT2D eigenvalue weighted by Gasteiger charge is 2.34. The minimum Gasteiger partial charge on any atom is -0.311 e. The lowest BCUT2D eigenvalue weighted by Gasteiger charge is -2.22. The number of benzene rings is 2. The minimum atomic E-state index is -1.00. The number of benzodiazepines with no additional fused rings is 1. The van der Waals surface area contributed by atoms with E-state index in [1.165, 1.54) is 11.1 Å². The van der Waals surface area contributed by atoms with Gasteiger partial charge in [0.25, 0.3) is 5.91 Å². The summed E-state index contributed by atoms with van der Waals surface area (Å²) in [6, 6.07) is 13.5. The van der Waals surface area contributed by atoms with E-state index in [1.807, 2.05) is 36.4 Å². The van der Waals surface area contributed by atoms with Gasteiger partial charge in [-0.25, -0.2) is 4.79 Å². The van der Waals surface area contributed by atoms with Crippen LogP contribution in [0.25, 0.3) is 0 Å². The van der Waals surface area contributed by atoms with Crippen molar-refractivity contribution in [2.75, 3.05) is 23.8 Å². The van der Waals surface area contributed by atoms with Crippen molar-refractivity contribution in [2.24, 2.45) is 10.4 Å². The van der Waals surface area contributed by atoms with Crippen molar-refractivity contribution in [3.63, 3.8) is 0 Å². The topological polar surface area (TPSA) is 85.8 Å². The second-order valence-electron chi connectivity index (χ2n) is 10.7. The number of fused-ring (bicyclic) bond motifs is 2. The average molecular weight is 474 g/mol. The molecule has 7 heteroatoms. The Kier molecular flexibility index (Phi) is 6.36. The van der Waals surface area contributed by atoms with Crippen LogP contribution in [0.5, 0.6) is 0 Å². The molecule has 0 radical (unpaired) electrons. The summed E-state index contributed by atoms with van der Waals surface area (Å²) in [4.78, 5) is 32.9. The largest absolute Gasteiger partial charge is 0.321 e. The van der Waals surface area contributed by atoms with E-state index < -0.39 is 12.2 Å².